The van der Waals surface area contributed by atoms with Gasteiger partial charge in [-0.15, -0.1) is 0 Å². The molecule has 9 heteroatoms. The molecule has 2 aliphatic rings. The highest BCUT2D eigenvalue weighted by Gasteiger charge is 2.39. The van der Waals surface area contributed by atoms with Gasteiger partial charge in [0.1, 0.15) is 5.75 Å². The van der Waals surface area contributed by atoms with Gasteiger partial charge in [-0.1, -0.05) is 54.1 Å². The number of fused-ring (bicyclic) bond motifs is 1. The maximum atomic E-state index is 13.5. The van der Waals surface area contributed by atoms with Gasteiger partial charge in [0, 0.05) is 37.7 Å². The van der Waals surface area contributed by atoms with Crippen molar-refractivity contribution in [1.29, 1.82) is 0 Å². The van der Waals surface area contributed by atoms with Crippen LogP contribution < -0.4 is 9.04 Å². The van der Waals surface area contributed by atoms with Crippen LogP contribution in [0.1, 0.15) is 5.56 Å². The lowest BCUT2D eigenvalue weighted by Gasteiger charge is -2.39. The van der Waals surface area contributed by atoms with Gasteiger partial charge in [-0.3, -0.25) is 14.0 Å². The van der Waals surface area contributed by atoms with Crippen LogP contribution in [0.3, 0.4) is 0 Å². The number of carbonyl (C=O) groups is 1. The standard InChI is InChI=1S/C26H26ClN3O4S/c27-21-10-12-22(13-11-21)35(32,33)30-19-25(34-24-9-5-4-8-23(24)30)26(31)29-16-14-28(15-17-29)18-20-6-2-1-3-7-20/h1-13,25H,14-19H2/t25-/m1/s1. The van der Waals surface area contributed by atoms with E-state index >= 15 is 0 Å². The first kappa shape index (κ1) is 23.7. The fourth-order valence-corrected chi connectivity index (χ4v) is 6.07. The Balaban J connectivity index is 1.32. The topological polar surface area (TPSA) is 70.2 Å². The van der Waals surface area contributed by atoms with Gasteiger partial charge in [0.05, 0.1) is 17.1 Å². The lowest BCUT2D eigenvalue weighted by molar-refractivity contribution is -0.140. The number of hydrogen-bond donors (Lipinski definition) is 0. The number of anilines is 1. The molecule has 1 atom stereocenters. The third kappa shape index (κ3) is 5.00. The number of ether oxygens (including phenoxy) is 1. The molecule has 2 aliphatic heterocycles. The average Bonchev–Trinajstić information content (AvgIpc) is 2.89. The number of benzene rings is 3. The van der Waals surface area contributed by atoms with Crippen molar-refractivity contribution in [3.8, 4) is 5.75 Å². The van der Waals surface area contributed by atoms with E-state index in [0.29, 0.717) is 29.5 Å². The van der Waals surface area contributed by atoms with E-state index in [9.17, 15) is 13.2 Å². The van der Waals surface area contributed by atoms with E-state index in [-0.39, 0.29) is 17.3 Å². The Kier molecular flexibility index (Phi) is 6.69. The summed E-state index contributed by atoms with van der Waals surface area (Å²) in [5.74, 6) is 0.174. The molecule has 0 spiro atoms. The van der Waals surface area contributed by atoms with Crippen molar-refractivity contribution in [2.45, 2.75) is 17.5 Å². The fraction of sp³-hybridized carbons (Fsp3) is 0.269. The molecule has 0 radical (unpaired) electrons. The number of amides is 1. The molecular weight excluding hydrogens is 486 g/mol. The van der Waals surface area contributed by atoms with Crippen molar-refractivity contribution in [1.82, 2.24) is 9.80 Å². The largest absolute Gasteiger partial charge is 0.476 e. The second kappa shape index (κ2) is 9.89. The summed E-state index contributed by atoms with van der Waals surface area (Å²) < 4.78 is 34.3. The monoisotopic (exact) mass is 511 g/mol. The van der Waals surface area contributed by atoms with Crippen LogP contribution in [-0.2, 0) is 21.4 Å². The van der Waals surface area contributed by atoms with Crippen molar-refractivity contribution in [3.63, 3.8) is 0 Å². The molecule has 7 nitrogen and oxygen atoms in total. The summed E-state index contributed by atoms with van der Waals surface area (Å²) in [6, 6.07) is 23.2. The van der Waals surface area contributed by atoms with Gasteiger partial charge in [0.2, 0.25) is 0 Å². The van der Waals surface area contributed by atoms with E-state index in [2.05, 4.69) is 17.0 Å². The second-order valence-corrected chi connectivity index (χ2v) is 11.0. The minimum Gasteiger partial charge on any atom is -0.476 e. The number of rotatable bonds is 5. The van der Waals surface area contributed by atoms with E-state index in [0.717, 1.165) is 19.6 Å². The number of carbonyl (C=O) groups excluding carboxylic acids is 1. The predicted octanol–water partition coefficient (Wildman–Crippen LogP) is 3.64. The molecule has 0 N–H and O–H groups in total. The zero-order valence-corrected chi connectivity index (χ0v) is 20.7. The molecular formula is C26H26ClN3O4S. The minimum absolute atomic E-state index is 0.0922. The van der Waals surface area contributed by atoms with Crippen LogP contribution in [0.4, 0.5) is 5.69 Å². The molecule has 1 saturated heterocycles. The Hall–Kier alpha value is -3.07. The lowest BCUT2D eigenvalue weighted by atomic mass is 10.1. The summed E-state index contributed by atoms with van der Waals surface area (Å²) in [4.78, 5) is 17.6. The highest BCUT2D eigenvalue weighted by Crippen LogP contribution is 2.37. The number of piperazine rings is 1. The number of sulfonamides is 1. The van der Waals surface area contributed by atoms with Crippen LogP contribution in [0.15, 0.2) is 83.8 Å². The van der Waals surface area contributed by atoms with Crippen molar-refractivity contribution in [3.05, 3.63) is 89.4 Å². The summed E-state index contributed by atoms with van der Waals surface area (Å²) in [5, 5.41) is 0.450. The molecule has 0 unspecified atom stereocenters. The molecule has 0 aromatic heterocycles. The Morgan fingerprint density at radius 3 is 2.26 bits per heavy atom. The molecule has 35 heavy (non-hydrogen) atoms. The zero-order valence-electron chi connectivity index (χ0n) is 19.1. The smallest absolute Gasteiger partial charge is 0.265 e. The van der Waals surface area contributed by atoms with E-state index in [1.807, 2.05) is 18.2 Å². The third-order valence-electron chi connectivity index (χ3n) is 6.34. The van der Waals surface area contributed by atoms with E-state index in [1.165, 1.54) is 22.0 Å². The Morgan fingerprint density at radius 2 is 1.54 bits per heavy atom. The van der Waals surface area contributed by atoms with Crippen LogP contribution in [0.25, 0.3) is 0 Å². The Labute approximate surface area is 210 Å². The number of halogens is 1. The molecule has 2 heterocycles. The number of nitrogens with zero attached hydrogens (tertiary/aromatic N) is 3. The van der Waals surface area contributed by atoms with Gasteiger partial charge < -0.3 is 9.64 Å². The van der Waals surface area contributed by atoms with Gasteiger partial charge in [0.15, 0.2) is 6.10 Å². The number of hydrogen-bond acceptors (Lipinski definition) is 5. The fourth-order valence-electron chi connectivity index (χ4n) is 4.46. The third-order valence-corrected chi connectivity index (χ3v) is 8.39. The van der Waals surface area contributed by atoms with Crippen LogP contribution in [0.2, 0.25) is 5.02 Å². The molecule has 182 valence electrons. The van der Waals surface area contributed by atoms with Crippen LogP contribution in [-0.4, -0.2) is 63.0 Å². The molecule has 0 bridgehead atoms. The summed E-state index contributed by atoms with van der Waals surface area (Å²) >= 11 is 5.95. The average molecular weight is 512 g/mol. The van der Waals surface area contributed by atoms with Gasteiger partial charge in [-0.25, -0.2) is 8.42 Å². The van der Waals surface area contributed by atoms with E-state index < -0.39 is 16.1 Å². The lowest BCUT2D eigenvalue weighted by Crippen LogP contribution is -2.56. The molecule has 3 aromatic carbocycles. The molecule has 1 fully saturated rings. The Morgan fingerprint density at radius 1 is 0.886 bits per heavy atom. The second-order valence-electron chi connectivity index (χ2n) is 8.65. The van der Waals surface area contributed by atoms with Crippen molar-refractivity contribution in [2.24, 2.45) is 0 Å². The number of para-hydroxylation sites is 2. The van der Waals surface area contributed by atoms with E-state index in [1.54, 1.807) is 41.3 Å². The SMILES string of the molecule is O=C([C@H]1CN(S(=O)(=O)c2ccc(Cl)cc2)c2ccccc2O1)N1CCN(Cc2ccccc2)CC1. The van der Waals surface area contributed by atoms with Gasteiger partial charge in [-0.2, -0.15) is 0 Å². The van der Waals surface area contributed by atoms with Crippen LogP contribution in [0, 0.1) is 0 Å². The molecule has 0 saturated carbocycles. The first-order valence-electron chi connectivity index (χ1n) is 11.5. The first-order chi connectivity index (χ1) is 16.9. The molecule has 3 aromatic rings. The Bertz CT molecular complexity index is 1290. The van der Waals surface area contributed by atoms with Gasteiger partial charge >= 0.3 is 0 Å². The summed E-state index contributed by atoms with van der Waals surface area (Å²) in [6.45, 7) is 3.37. The van der Waals surface area contributed by atoms with Crippen molar-refractivity contribution < 1.29 is 17.9 Å². The van der Waals surface area contributed by atoms with Crippen molar-refractivity contribution in [2.75, 3.05) is 37.0 Å². The van der Waals surface area contributed by atoms with Gasteiger partial charge in [0.25, 0.3) is 15.9 Å². The molecule has 5 rings (SSSR count). The molecule has 0 aliphatic carbocycles. The maximum absolute atomic E-state index is 13.5. The quantitative estimate of drug-likeness (QED) is 0.523. The maximum Gasteiger partial charge on any atom is 0.265 e. The predicted molar refractivity (Wildman–Crippen MR) is 135 cm³/mol. The van der Waals surface area contributed by atoms with Crippen LogP contribution >= 0.6 is 11.6 Å². The summed E-state index contributed by atoms with van der Waals surface area (Å²) in [7, 11) is -3.92. The van der Waals surface area contributed by atoms with Crippen LogP contribution in [0.5, 0.6) is 5.75 Å². The summed E-state index contributed by atoms with van der Waals surface area (Å²) in [6.07, 6.45) is -0.923. The molecule has 1 amide bonds. The highest BCUT2D eigenvalue weighted by atomic mass is 35.5. The first-order valence-corrected chi connectivity index (χ1v) is 13.3. The van der Waals surface area contributed by atoms with Gasteiger partial charge in [-0.05, 0) is 42.0 Å². The normalized spacial score (nSPS) is 18.6. The zero-order chi connectivity index (χ0) is 24.4. The summed E-state index contributed by atoms with van der Waals surface area (Å²) in [5.41, 5.74) is 1.65. The highest BCUT2D eigenvalue weighted by molar-refractivity contribution is 7.92. The van der Waals surface area contributed by atoms with E-state index in [4.69, 9.17) is 16.3 Å². The minimum atomic E-state index is -3.92. The van der Waals surface area contributed by atoms with Crippen molar-refractivity contribution >= 4 is 33.2 Å².